The molecule has 1 aromatic rings. The Kier molecular flexibility index (Phi) is 4.27. The van der Waals surface area contributed by atoms with Crippen molar-refractivity contribution in [1.82, 2.24) is 10.2 Å². The number of piperidine rings is 1. The largest absolute Gasteiger partial charge is 0.508 e. The fraction of sp³-hybridized carbons (Fsp3) is 0.500. The predicted molar refractivity (Wildman–Crippen MR) is 74.6 cm³/mol. The SMILES string of the molecule is CC(=O)NC1CCN(Cc2cc(N)ccc2O)CC1. The lowest BCUT2D eigenvalue weighted by Crippen LogP contribution is -2.43. The van der Waals surface area contributed by atoms with E-state index in [9.17, 15) is 9.90 Å². The van der Waals surface area contributed by atoms with E-state index in [-0.39, 0.29) is 17.7 Å². The van der Waals surface area contributed by atoms with E-state index in [1.165, 1.54) is 0 Å². The van der Waals surface area contributed by atoms with Gasteiger partial charge in [0.2, 0.25) is 5.91 Å². The van der Waals surface area contributed by atoms with Gasteiger partial charge in [-0.15, -0.1) is 0 Å². The molecule has 1 fully saturated rings. The number of nitrogens with two attached hydrogens (primary N) is 1. The minimum absolute atomic E-state index is 0.0342. The van der Waals surface area contributed by atoms with Gasteiger partial charge in [-0.25, -0.2) is 0 Å². The zero-order chi connectivity index (χ0) is 13.8. The average Bonchev–Trinajstić information content (AvgIpc) is 2.35. The van der Waals surface area contributed by atoms with Crippen LogP contribution in [-0.2, 0) is 11.3 Å². The molecule has 1 amide bonds. The molecule has 0 aliphatic carbocycles. The molecule has 0 bridgehead atoms. The van der Waals surface area contributed by atoms with Crippen molar-refractivity contribution in [3.63, 3.8) is 0 Å². The van der Waals surface area contributed by atoms with Crippen molar-refractivity contribution in [2.45, 2.75) is 32.4 Å². The quantitative estimate of drug-likeness (QED) is 0.563. The summed E-state index contributed by atoms with van der Waals surface area (Å²) in [6.45, 7) is 4.08. The number of likely N-dealkylation sites (tertiary alicyclic amines) is 1. The molecule has 19 heavy (non-hydrogen) atoms. The third kappa shape index (κ3) is 3.86. The molecule has 0 spiro atoms. The molecule has 104 valence electrons. The smallest absolute Gasteiger partial charge is 0.217 e. The number of carbonyl (C=O) groups is 1. The minimum Gasteiger partial charge on any atom is -0.508 e. The van der Waals surface area contributed by atoms with Gasteiger partial charge in [-0.3, -0.25) is 9.69 Å². The third-order valence-electron chi connectivity index (χ3n) is 3.49. The van der Waals surface area contributed by atoms with E-state index in [4.69, 9.17) is 5.73 Å². The number of phenolic OH excluding ortho intramolecular Hbond substituents is 1. The van der Waals surface area contributed by atoms with Gasteiger partial charge < -0.3 is 16.2 Å². The number of hydrogen-bond donors (Lipinski definition) is 3. The van der Waals surface area contributed by atoms with Crippen LogP contribution in [0.2, 0.25) is 0 Å². The first-order chi connectivity index (χ1) is 9.04. The number of hydrogen-bond acceptors (Lipinski definition) is 4. The van der Waals surface area contributed by atoms with Crippen molar-refractivity contribution in [2.75, 3.05) is 18.8 Å². The van der Waals surface area contributed by atoms with Gasteiger partial charge in [-0.1, -0.05) is 0 Å². The molecule has 1 aromatic carbocycles. The summed E-state index contributed by atoms with van der Waals surface area (Å²) in [5, 5.41) is 12.7. The normalized spacial score (nSPS) is 17.3. The zero-order valence-electron chi connectivity index (χ0n) is 11.2. The number of benzene rings is 1. The van der Waals surface area contributed by atoms with Gasteiger partial charge in [0.05, 0.1) is 0 Å². The lowest BCUT2D eigenvalue weighted by atomic mass is 10.0. The number of phenols is 1. The van der Waals surface area contributed by atoms with Crippen LogP contribution in [-0.4, -0.2) is 35.0 Å². The number of aromatic hydroxyl groups is 1. The lowest BCUT2D eigenvalue weighted by molar-refractivity contribution is -0.119. The highest BCUT2D eigenvalue weighted by molar-refractivity contribution is 5.73. The van der Waals surface area contributed by atoms with E-state index in [1.54, 1.807) is 19.1 Å². The van der Waals surface area contributed by atoms with Crippen LogP contribution >= 0.6 is 0 Å². The van der Waals surface area contributed by atoms with Crippen molar-refractivity contribution in [3.8, 4) is 5.75 Å². The van der Waals surface area contributed by atoms with Crippen molar-refractivity contribution >= 4 is 11.6 Å². The predicted octanol–water partition coefficient (Wildman–Crippen LogP) is 1.07. The fourth-order valence-electron chi connectivity index (χ4n) is 2.50. The summed E-state index contributed by atoms with van der Waals surface area (Å²) < 4.78 is 0. The summed E-state index contributed by atoms with van der Waals surface area (Å²) in [4.78, 5) is 13.3. The molecule has 2 rings (SSSR count). The van der Waals surface area contributed by atoms with E-state index >= 15 is 0 Å². The number of nitrogens with zero attached hydrogens (tertiary/aromatic N) is 1. The summed E-state index contributed by atoms with van der Waals surface area (Å²) in [5.74, 6) is 0.324. The second-order valence-corrected chi connectivity index (χ2v) is 5.14. The van der Waals surface area contributed by atoms with Gasteiger partial charge in [-0.2, -0.15) is 0 Å². The highest BCUT2D eigenvalue weighted by atomic mass is 16.3. The Balaban J connectivity index is 1.88. The van der Waals surface area contributed by atoms with E-state index in [1.807, 2.05) is 6.07 Å². The Morgan fingerprint density at radius 3 is 2.79 bits per heavy atom. The van der Waals surface area contributed by atoms with Crippen LogP contribution in [0.5, 0.6) is 5.75 Å². The molecule has 0 unspecified atom stereocenters. The van der Waals surface area contributed by atoms with Crippen molar-refractivity contribution < 1.29 is 9.90 Å². The maximum absolute atomic E-state index is 11.0. The molecular weight excluding hydrogens is 242 g/mol. The average molecular weight is 263 g/mol. The first-order valence-electron chi connectivity index (χ1n) is 6.61. The monoisotopic (exact) mass is 263 g/mol. The van der Waals surface area contributed by atoms with Gasteiger partial charge in [0.1, 0.15) is 5.75 Å². The molecule has 0 atom stereocenters. The molecule has 0 radical (unpaired) electrons. The molecular formula is C14H21N3O2. The zero-order valence-corrected chi connectivity index (χ0v) is 11.2. The summed E-state index contributed by atoms with van der Waals surface area (Å²) >= 11 is 0. The van der Waals surface area contributed by atoms with Gasteiger partial charge in [0, 0.05) is 43.9 Å². The number of nitrogen functional groups attached to an aromatic ring is 1. The van der Waals surface area contributed by atoms with Gasteiger partial charge >= 0.3 is 0 Å². The van der Waals surface area contributed by atoms with Gasteiger partial charge in [0.15, 0.2) is 0 Å². The fourth-order valence-corrected chi connectivity index (χ4v) is 2.50. The van der Waals surface area contributed by atoms with Crippen LogP contribution in [0.4, 0.5) is 5.69 Å². The standard InChI is InChI=1S/C14H21N3O2/c1-10(18)16-13-4-6-17(7-5-13)9-11-8-12(15)2-3-14(11)19/h2-3,8,13,19H,4-7,9,15H2,1H3,(H,16,18). The first kappa shape index (κ1) is 13.7. The van der Waals surface area contributed by atoms with E-state index in [2.05, 4.69) is 10.2 Å². The van der Waals surface area contributed by atoms with Crippen LogP contribution < -0.4 is 11.1 Å². The summed E-state index contributed by atoms with van der Waals surface area (Å²) in [6, 6.07) is 5.43. The lowest BCUT2D eigenvalue weighted by Gasteiger charge is -2.32. The summed E-state index contributed by atoms with van der Waals surface area (Å²) in [5.41, 5.74) is 7.26. The van der Waals surface area contributed by atoms with E-state index in [0.717, 1.165) is 31.5 Å². The molecule has 5 nitrogen and oxygen atoms in total. The number of nitrogens with one attached hydrogen (secondary N) is 1. The highest BCUT2D eigenvalue weighted by Gasteiger charge is 2.20. The van der Waals surface area contributed by atoms with Crippen LogP contribution in [0, 0.1) is 0 Å². The van der Waals surface area contributed by atoms with Crippen molar-refractivity contribution in [1.29, 1.82) is 0 Å². The maximum atomic E-state index is 11.0. The summed E-state index contributed by atoms with van der Waals surface area (Å²) in [6.07, 6.45) is 1.89. The van der Waals surface area contributed by atoms with Crippen LogP contribution in [0.3, 0.4) is 0 Å². The molecule has 4 N–H and O–H groups in total. The molecule has 5 heteroatoms. The number of amides is 1. The molecule has 0 saturated carbocycles. The second-order valence-electron chi connectivity index (χ2n) is 5.14. The number of anilines is 1. The Morgan fingerprint density at radius 1 is 1.47 bits per heavy atom. The topological polar surface area (TPSA) is 78.6 Å². The maximum Gasteiger partial charge on any atom is 0.217 e. The third-order valence-corrected chi connectivity index (χ3v) is 3.49. The Morgan fingerprint density at radius 2 is 2.16 bits per heavy atom. The van der Waals surface area contributed by atoms with Crippen LogP contribution in [0.1, 0.15) is 25.3 Å². The molecule has 1 saturated heterocycles. The van der Waals surface area contributed by atoms with Crippen LogP contribution in [0.25, 0.3) is 0 Å². The molecule has 1 heterocycles. The number of carbonyl (C=O) groups excluding carboxylic acids is 1. The first-order valence-corrected chi connectivity index (χ1v) is 6.61. The van der Waals surface area contributed by atoms with Crippen molar-refractivity contribution in [2.24, 2.45) is 0 Å². The van der Waals surface area contributed by atoms with Gasteiger partial charge in [-0.05, 0) is 31.0 Å². The second kappa shape index (κ2) is 5.93. The van der Waals surface area contributed by atoms with Crippen molar-refractivity contribution in [3.05, 3.63) is 23.8 Å². The molecule has 1 aliphatic rings. The summed E-state index contributed by atoms with van der Waals surface area (Å²) in [7, 11) is 0. The molecule has 1 aliphatic heterocycles. The van der Waals surface area contributed by atoms with E-state index < -0.39 is 0 Å². The minimum atomic E-state index is 0.0342. The Bertz CT molecular complexity index is 454. The highest BCUT2D eigenvalue weighted by Crippen LogP contribution is 2.23. The Hall–Kier alpha value is -1.75. The Labute approximate surface area is 113 Å². The number of rotatable bonds is 3. The van der Waals surface area contributed by atoms with Crippen LogP contribution in [0.15, 0.2) is 18.2 Å². The van der Waals surface area contributed by atoms with E-state index in [0.29, 0.717) is 12.2 Å². The van der Waals surface area contributed by atoms with Gasteiger partial charge in [0.25, 0.3) is 0 Å². The molecule has 0 aromatic heterocycles.